The van der Waals surface area contributed by atoms with Crippen molar-refractivity contribution in [3.05, 3.63) is 71.3 Å². The summed E-state index contributed by atoms with van der Waals surface area (Å²) in [6.45, 7) is 2.17. The molecule has 0 saturated carbocycles. The predicted molar refractivity (Wildman–Crippen MR) is 96.7 cm³/mol. The van der Waals surface area contributed by atoms with E-state index >= 15 is 0 Å². The summed E-state index contributed by atoms with van der Waals surface area (Å²) in [6.07, 6.45) is 2.13. The summed E-state index contributed by atoms with van der Waals surface area (Å²) in [5.41, 5.74) is 3.03. The Bertz CT molecular complexity index is 611. The summed E-state index contributed by atoms with van der Waals surface area (Å²) in [7, 11) is 1.40. The molecule has 2 aromatic carbocycles. The largest absolute Gasteiger partial charge is 0.465 e. The maximum atomic E-state index is 11.6. The van der Waals surface area contributed by atoms with E-state index in [1.54, 1.807) is 0 Å². The van der Waals surface area contributed by atoms with Crippen LogP contribution in [0.1, 0.15) is 28.4 Å². The molecule has 2 rings (SSSR count). The lowest BCUT2D eigenvalue weighted by Gasteiger charge is -2.32. The molecule has 0 aliphatic rings. The summed E-state index contributed by atoms with van der Waals surface area (Å²) in [4.78, 5) is 11.6. The molecule has 0 radical (unpaired) electrons. The molecule has 1 unspecified atom stereocenters. The van der Waals surface area contributed by atoms with E-state index in [0.717, 1.165) is 5.75 Å². The van der Waals surface area contributed by atoms with Crippen LogP contribution in [0.15, 0.2) is 54.6 Å². The SMILES string of the molecule is CCSC(SC)(c1ccccc1)c1ccc(C(=O)OC)cc1. The van der Waals surface area contributed by atoms with Crippen LogP contribution in [0.25, 0.3) is 0 Å². The van der Waals surface area contributed by atoms with E-state index in [2.05, 4.69) is 37.4 Å². The molecular weight excluding hydrogens is 312 g/mol. The smallest absolute Gasteiger partial charge is 0.337 e. The maximum Gasteiger partial charge on any atom is 0.337 e. The second-order valence-electron chi connectivity index (χ2n) is 4.69. The molecule has 0 saturated heterocycles. The highest BCUT2D eigenvalue weighted by Crippen LogP contribution is 2.50. The average molecular weight is 332 g/mol. The van der Waals surface area contributed by atoms with Crippen molar-refractivity contribution in [3.63, 3.8) is 0 Å². The van der Waals surface area contributed by atoms with E-state index in [4.69, 9.17) is 4.74 Å². The van der Waals surface area contributed by atoms with E-state index in [0.29, 0.717) is 5.56 Å². The fourth-order valence-corrected chi connectivity index (χ4v) is 5.01. The maximum absolute atomic E-state index is 11.6. The van der Waals surface area contributed by atoms with Gasteiger partial charge in [-0.25, -0.2) is 4.79 Å². The van der Waals surface area contributed by atoms with Crippen molar-refractivity contribution < 1.29 is 9.53 Å². The Morgan fingerprint density at radius 3 is 2.14 bits per heavy atom. The first kappa shape index (κ1) is 17.0. The Morgan fingerprint density at radius 2 is 1.64 bits per heavy atom. The fourth-order valence-electron chi connectivity index (χ4n) is 2.43. The fraction of sp³-hybridized carbons (Fsp3) is 0.278. The van der Waals surface area contributed by atoms with Crippen molar-refractivity contribution in [1.29, 1.82) is 0 Å². The molecule has 116 valence electrons. The molecule has 0 aliphatic heterocycles. The number of esters is 1. The lowest BCUT2D eigenvalue weighted by atomic mass is 10.0. The Morgan fingerprint density at radius 1 is 1.05 bits per heavy atom. The normalized spacial score (nSPS) is 13.4. The molecule has 2 nitrogen and oxygen atoms in total. The van der Waals surface area contributed by atoms with Crippen molar-refractivity contribution in [1.82, 2.24) is 0 Å². The third-order valence-corrected chi connectivity index (χ3v) is 6.54. The molecule has 4 heteroatoms. The van der Waals surface area contributed by atoms with Gasteiger partial charge in [0.2, 0.25) is 0 Å². The first-order valence-electron chi connectivity index (χ1n) is 7.11. The Balaban J connectivity index is 2.48. The number of carbonyl (C=O) groups excluding carboxylic acids is 1. The zero-order valence-corrected chi connectivity index (χ0v) is 14.7. The molecule has 1 atom stereocenters. The van der Waals surface area contributed by atoms with Crippen molar-refractivity contribution >= 4 is 29.5 Å². The lowest BCUT2D eigenvalue weighted by Crippen LogP contribution is -2.19. The van der Waals surface area contributed by atoms with Crippen LogP contribution >= 0.6 is 23.5 Å². The van der Waals surface area contributed by atoms with E-state index in [1.165, 1.54) is 18.2 Å². The highest BCUT2D eigenvalue weighted by atomic mass is 32.2. The number of carbonyl (C=O) groups is 1. The third kappa shape index (κ3) is 3.33. The second kappa shape index (κ2) is 7.75. The number of ether oxygens (including phenoxy) is 1. The molecule has 0 aliphatic carbocycles. The highest BCUT2D eigenvalue weighted by molar-refractivity contribution is 8.17. The summed E-state index contributed by atoms with van der Waals surface area (Å²) >= 11 is 3.71. The van der Waals surface area contributed by atoms with Gasteiger partial charge in [0.25, 0.3) is 0 Å². The van der Waals surface area contributed by atoms with Crippen LogP contribution in [-0.2, 0) is 8.82 Å². The quantitative estimate of drug-likeness (QED) is 0.561. The molecule has 0 heterocycles. The predicted octanol–water partition coefficient (Wildman–Crippen LogP) is 4.79. The van der Waals surface area contributed by atoms with Crippen LogP contribution in [0.5, 0.6) is 0 Å². The van der Waals surface area contributed by atoms with Crippen LogP contribution in [0.2, 0.25) is 0 Å². The number of hydrogen-bond acceptors (Lipinski definition) is 4. The van der Waals surface area contributed by atoms with E-state index in [9.17, 15) is 4.79 Å². The van der Waals surface area contributed by atoms with Crippen molar-refractivity contribution in [2.24, 2.45) is 0 Å². The van der Waals surface area contributed by atoms with Gasteiger partial charge in [0.1, 0.15) is 4.08 Å². The van der Waals surface area contributed by atoms with Gasteiger partial charge in [0.15, 0.2) is 0 Å². The average Bonchev–Trinajstić information content (AvgIpc) is 2.60. The molecule has 2 aromatic rings. The van der Waals surface area contributed by atoms with Crippen LogP contribution < -0.4 is 0 Å². The number of methoxy groups -OCH3 is 1. The van der Waals surface area contributed by atoms with E-state index < -0.39 is 0 Å². The van der Waals surface area contributed by atoms with Gasteiger partial charge in [-0.3, -0.25) is 0 Å². The Hall–Kier alpha value is -1.39. The standard InChI is InChI=1S/C18H20O2S2/c1-4-22-18(21-3,15-8-6-5-7-9-15)16-12-10-14(11-13-16)17(19)20-2/h5-13H,4H2,1-3H3. The van der Waals surface area contributed by atoms with Gasteiger partial charge in [0, 0.05) is 0 Å². The van der Waals surface area contributed by atoms with Gasteiger partial charge in [-0.15, -0.1) is 23.5 Å². The van der Waals surface area contributed by atoms with Crippen molar-refractivity contribution in [2.45, 2.75) is 11.0 Å². The molecular formula is C18H20O2S2. The zero-order valence-electron chi connectivity index (χ0n) is 13.0. The van der Waals surface area contributed by atoms with Crippen LogP contribution in [0, 0.1) is 0 Å². The van der Waals surface area contributed by atoms with Crippen LogP contribution in [0.4, 0.5) is 0 Å². The minimum Gasteiger partial charge on any atom is -0.465 e. The third-order valence-electron chi connectivity index (χ3n) is 3.47. The van der Waals surface area contributed by atoms with Gasteiger partial charge < -0.3 is 4.74 Å². The van der Waals surface area contributed by atoms with Gasteiger partial charge in [0.05, 0.1) is 12.7 Å². The summed E-state index contributed by atoms with van der Waals surface area (Å²) in [5.74, 6) is 0.707. The monoisotopic (exact) mass is 332 g/mol. The number of rotatable bonds is 6. The molecule has 22 heavy (non-hydrogen) atoms. The number of benzene rings is 2. The van der Waals surface area contributed by atoms with E-state index in [1.807, 2.05) is 53.9 Å². The number of hydrogen-bond donors (Lipinski definition) is 0. The minimum absolute atomic E-state index is 0.162. The van der Waals surface area contributed by atoms with Gasteiger partial charge in [-0.1, -0.05) is 49.4 Å². The van der Waals surface area contributed by atoms with Crippen molar-refractivity contribution in [2.75, 3.05) is 19.1 Å². The van der Waals surface area contributed by atoms with Gasteiger partial charge in [-0.2, -0.15) is 0 Å². The summed E-state index contributed by atoms with van der Waals surface area (Å²) in [6, 6.07) is 18.2. The Labute approximate surface area is 140 Å². The summed E-state index contributed by atoms with van der Waals surface area (Å²) < 4.78 is 4.61. The van der Waals surface area contributed by atoms with Crippen molar-refractivity contribution in [3.8, 4) is 0 Å². The minimum atomic E-state index is -0.302. The second-order valence-corrected chi connectivity index (χ2v) is 7.45. The highest BCUT2D eigenvalue weighted by Gasteiger charge is 2.33. The van der Waals surface area contributed by atoms with Gasteiger partial charge >= 0.3 is 5.97 Å². The molecule has 0 aromatic heterocycles. The first-order chi connectivity index (χ1) is 10.7. The van der Waals surface area contributed by atoms with Crippen LogP contribution in [-0.4, -0.2) is 25.1 Å². The summed E-state index contributed by atoms with van der Waals surface area (Å²) in [5, 5.41) is 0. The molecule has 0 bridgehead atoms. The van der Waals surface area contributed by atoms with E-state index in [-0.39, 0.29) is 10.0 Å². The molecule has 0 amide bonds. The molecule has 0 spiro atoms. The topological polar surface area (TPSA) is 26.3 Å². The Kier molecular flexibility index (Phi) is 5.98. The first-order valence-corrected chi connectivity index (χ1v) is 9.32. The van der Waals surface area contributed by atoms with Gasteiger partial charge in [-0.05, 0) is 35.3 Å². The molecule has 0 N–H and O–H groups in total. The van der Waals surface area contributed by atoms with Crippen LogP contribution in [0.3, 0.4) is 0 Å². The number of thioether (sulfide) groups is 2. The lowest BCUT2D eigenvalue weighted by molar-refractivity contribution is 0.0600. The molecule has 0 fully saturated rings. The zero-order chi connectivity index (χ0) is 16.0.